The van der Waals surface area contributed by atoms with Gasteiger partial charge >= 0.3 is 0 Å². The Balaban J connectivity index is 2.09. The van der Waals surface area contributed by atoms with E-state index in [9.17, 15) is 0 Å². The van der Waals surface area contributed by atoms with Gasteiger partial charge in [-0.05, 0) is 25.7 Å². The minimum Gasteiger partial charge on any atom is -0.113 e. The Kier molecular flexibility index (Phi) is 6.24. The maximum absolute atomic E-state index is 2.34. The molecule has 2 heterocycles. The molecule has 0 saturated carbocycles. The van der Waals surface area contributed by atoms with Crippen LogP contribution in [-0.2, 0) is 0 Å². The quantitative estimate of drug-likeness (QED) is 0.605. The molecule has 0 radical (unpaired) electrons. The smallest absolute Gasteiger partial charge is 0.0608 e. The van der Waals surface area contributed by atoms with Gasteiger partial charge in [0.2, 0.25) is 0 Å². The van der Waals surface area contributed by atoms with Crippen LogP contribution < -0.4 is 0 Å². The first-order chi connectivity index (χ1) is 8.73. The Hall–Kier alpha value is 1.14. The van der Waals surface area contributed by atoms with Crippen LogP contribution in [0.2, 0.25) is 0 Å². The van der Waals surface area contributed by atoms with Crippen molar-refractivity contribution in [1.29, 1.82) is 0 Å². The Labute approximate surface area is 129 Å². The second kappa shape index (κ2) is 7.24. The van der Waals surface area contributed by atoms with Gasteiger partial charge in [0.05, 0.1) is 8.47 Å². The highest BCUT2D eigenvalue weighted by atomic mass is 32.2. The molecule has 0 nitrogen and oxygen atoms in total. The summed E-state index contributed by atoms with van der Waals surface area (Å²) in [5.74, 6) is 0. The van der Waals surface area contributed by atoms with Gasteiger partial charge in [0.25, 0.3) is 0 Å². The van der Waals surface area contributed by atoms with E-state index in [4.69, 9.17) is 0 Å². The molecule has 2 rings (SSSR count). The largest absolute Gasteiger partial charge is 0.113 e. The molecule has 4 atom stereocenters. The van der Waals surface area contributed by atoms with Gasteiger partial charge in [-0.25, -0.2) is 0 Å². The lowest BCUT2D eigenvalue weighted by molar-refractivity contribution is 0.745. The molecule has 0 aliphatic carbocycles. The zero-order valence-electron chi connectivity index (χ0n) is 11.8. The van der Waals surface area contributed by atoms with Crippen molar-refractivity contribution < 1.29 is 0 Å². The average molecular weight is 321 g/mol. The lowest BCUT2D eigenvalue weighted by Gasteiger charge is -2.11. The molecule has 0 aromatic heterocycles. The lowest BCUT2D eigenvalue weighted by atomic mass is 10.2. The third-order valence-electron chi connectivity index (χ3n) is 3.64. The predicted octanol–water partition coefficient (Wildman–Crippen LogP) is 6.19. The van der Waals surface area contributed by atoms with Crippen molar-refractivity contribution in [2.45, 2.75) is 74.4 Å². The molecule has 0 aromatic rings. The van der Waals surface area contributed by atoms with Crippen LogP contribution in [0.5, 0.6) is 0 Å². The van der Waals surface area contributed by atoms with Crippen molar-refractivity contribution in [2.75, 3.05) is 0 Å². The minimum absolute atomic E-state index is 0.851. The molecule has 0 amide bonds. The predicted molar refractivity (Wildman–Crippen MR) is 93.7 cm³/mol. The highest BCUT2D eigenvalue weighted by Crippen LogP contribution is 2.59. The van der Waals surface area contributed by atoms with Gasteiger partial charge in [-0.1, -0.05) is 27.7 Å². The summed E-state index contributed by atoms with van der Waals surface area (Å²) < 4.78 is 3.30. The van der Waals surface area contributed by atoms with Gasteiger partial charge in [0, 0.05) is 21.0 Å². The number of thioether (sulfide) groups is 4. The summed E-state index contributed by atoms with van der Waals surface area (Å²) in [5.41, 5.74) is 0. The topological polar surface area (TPSA) is 0 Å². The summed E-state index contributed by atoms with van der Waals surface area (Å²) in [7, 11) is 0. The van der Waals surface area contributed by atoms with Crippen LogP contribution >= 0.6 is 47.0 Å². The van der Waals surface area contributed by atoms with Crippen LogP contribution in [0.15, 0.2) is 8.47 Å². The average Bonchev–Trinajstić information content (AvgIpc) is 3.01. The van der Waals surface area contributed by atoms with Crippen LogP contribution in [0, 0.1) is 0 Å². The summed E-state index contributed by atoms with van der Waals surface area (Å²) in [5, 5.41) is 3.41. The normalized spacial score (nSPS) is 36.7. The SMILES string of the molecule is CCC1SC(=C2SC(CC)C(CC)S2)SC1CC. The van der Waals surface area contributed by atoms with Crippen LogP contribution in [0.4, 0.5) is 0 Å². The molecule has 2 aliphatic heterocycles. The summed E-state index contributed by atoms with van der Waals surface area (Å²) >= 11 is 8.67. The molecule has 0 bridgehead atoms. The maximum atomic E-state index is 2.34. The fourth-order valence-electron chi connectivity index (χ4n) is 2.49. The van der Waals surface area contributed by atoms with Gasteiger partial charge < -0.3 is 0 Å². The van der Waals surface area contributed by atoms with E-state index < -0.39 is 0 Å². The molecule has 0 N–H and O–H groups in total. The van der Waals surface area contributed by atoms with E-state index in [2.05, 4.69) is 74.7 Å². The molecule has 2 aliphatic rings. The van der Waals surface area contributed by atoms with Gasteiger partial charge in [0.15, 0.2) is 0 Å². The van der Waals surface area contributed by atoms with E-state index in [1.807, 2.05) is 0 Å². The van der Waals surface area contributed by atoms with Crippen molar-refractivity contribution in [3.05, 3.63) is 8.47 Å². The molecule has 104 valence electrons. The summed E-state index contributed by atoms with van der Waals surface area (Å²) in [6, 6.07) is 0. The second-order valence-corrected chi connectivity index (χ2v) is 10.3. The Morgan fingerprint density at radius 1 is 0.556 bits per heavy atom. The molecular weight excluding hydrogens is 296 g/mol. The van der Waals surface area contributed by atoms with Crippen molar-refractivity contribution in [3.8, 4) is 0 Å². The molecular formula is C14H24S4. The Morgan fingerprint density at radius 3 is 0.944 bits per heavy atom. The maximum Gasteiger partial charge on any atom is 0.0608 e. The van der Waals surface area contributed by atoms with Crippen LogP contribution in [-0.4, -0.2) is 21.0 Å². The molecule has 2 fully saturated rings. The summed E-state index contributed by atoms with van der Waals surface area (Å²) in [4.78, 5) is 0. The fourth-order valence-corrected chi connectivity index (χ4v) is 9.76. The van der Waals surface area contributed by atoms with Crippen LogP contribution in [0.25, 0.3) is 0 Å². The first-order valence-electron chi connectivity index (χ1n) is 7.14. The molecule has 4 unspecified atom stereocenters. The van der Waals surface area contributed by atoms with E-state index in [1.54, 1.807) is 8.47 Å². The van der Waals surface area contributed by atoms with Gasteiger partial charge in [-0.2, -0.15) is 0 Å². The van der Waals surface area contributed by atoms with Crippen LogP contribution in [0.3, 0.4) is 0 Å². The Bertz CT molecular complexity index is 255. The van der Waals surface area contributed by atoms with Crippen molar-refractivity contribution in [2.24, 2.45) is 0 Å². The zero-order chi connectivity index (χ0) is 13.1. The molecule has 0 spiro atoms. The Morgan fingerprint density at radius 2 is 0.778 bits per heavy atom. The van der Waals surface area contributed by atoms with E-state index in [-0.39, 0.29) is 0 Å². The second-order valence-electron chi connectivity index (χ2n) is 4.83. The van der Waals surface area contributed by atoms with Crippen molar-refractivity contribution >= 4 is 47.0 Å². The van der Waals surface area contributed by atoms with Gasteiger partial charge in [-0.3, -0.25) is 0 Å². The molecule has 4 heteroatoms. The van der Waals surface area contributed by atoms with E-state index in [1.165, 1.54) is 25.7 Å². The number of rotatable bonds is 4. The molecule has 2 saturated heterocycles. The molecule has 18 heavy (non-hydrogen) atoms. The number of hydrogen-bond acceptors (Lipinski definition) is 4. The van der Waals surface area contributed by atoms with Gasteiger partial charge in [0.1, 0.15) is 0 Å². The third-order valence-corrected chi connectivity index (χ3v) is 11.2. The van der Waals surface area contributed by atoms with E-state index in [0.717, 1.165) is 21.0 Å². The minimum atomic E-state index is 0.851. The molecule has 0 aromatic carbocycles. The van der Waals surface area contributed by atoms with Crippen molar-refractivity contribution in [1.82, 2.24) is 0 Å². The highest BCUT2D eigenvalue weighted by molar-refractivity contribution is 8.31. The first-order valence-corrected chi connectivity index (χ1v) is 10.7. The summed E-state index contributed by atoms with van der Waals surface area (Å²) in [6.07, 6.45) is 5.26. The monoisotopic (exact) mass is 320 g/mol. The highest BCUT2D eigenvalue weighted by Gasteiger charge is 2.37. The first kappa shape index (κ1) is 15.5. The van der Waals surface area contributed by atoms with Gasteiger partial charge in [-0.15, -0.1) is 47.0 Å². The lowest BCUT2D eigenvalue weighted by Crippen LogP contribution is -2.12. The standard InChI is InChI=1S/C14H24S4/c1-5-9-10(6-2)16-13(15-9)14-17-11(7-3)12(8-4)18-14/h9-12H,5-8H2,1-4H3. The van der Waals surface area contributed by atoms with E-state index in [0.29, 0.717) is 0 Å². The van der Waals surface area contributed by atoms with Crippen LogP contribution in [0.1, 0.15) is 53.4 Å². The number of hydrogen-bond donors (Lipinski definition) is 0. The zero-order valence-corrected chi connectivity index (χ0v) is 15.0. The third kappa shape index (κ3) is 3.24. The van der Waals surface area contributed by atoms with Crippen molar-refractivity contribution in [3.63, 3.8) is 0 Å². The summed E-state index contributed by atoms with van der Waals surface area (Å²) in [6.45, 7) is 9.36. The van der Waals surface area contributed by atoms with E-state index >= 15 is 0 Å². The fraction of sp³-hybridized carbons (Fsp3) is 0.857.